The molecule has 228 valence electrons. The van der Waals surface area contributed by atoms with Crippen molar-refractivity contribution >= 4 is 56.7 Å². The maximum absolute atomic E-state index is 12.6. The number of fused-ring (bicyclic) bond motifs is 2. The van der Waals surface area contributed by atoms with Gasteiger partial charge in [-0.3, -0.25) is 19.5 Å². The second-order valence-electron chi connectivity index (χ2n) is 10.6. The van der Waals surface area contributed by atoms with Gasteiger partial charge in [-0.1, -0.05) is 18.5 Å². The van der Waals surface area contributed by atoms with E-state index < -0.39 is 5.63 Å². The minimum atomic E-state index is -0.497. The van der Waals surface area contributed by atoms with Crippen LogP contribution in [-0.4, -0.2) is 75.1 Å². The highest BCUT2D eigenvalue weighted by Crippen LogP contribution is 2.25. The van der Waals surface area contributed by atoms with Crippen LogP contribution >= 0.6 is 11.6 Å². The number of amides is 2. The molecule has 43 heavy (non-hydrogen) atoms. The number of benzene rings is 2. The average molecular weight is 607 g/mol. The Morgan fingerprint density at radius 2 is 1.70 bits per heavy atom. The van der Waals surface area contributed by atoms with E-state index in [-0.39, 0.29) is 18.2 Å². The molecule has 0 bridgehead atoms. The van der Waals surface area contributed by atoms with Crippen molar-refractivity contribution in [2.75, 3.05) is 63.6 Å². The number of halogens is 1. The maximum atomic E-state index is 12.6. The number of carbonyl (C=O) groups is 2. The van der Waals surface area contributed by atoms with Gasteiger partial charge in [0, 0.05) is 79.2 Å². The first kappa shape index (κ1) is 31.8. The van der Waals surface area contributed by atoms with E-state index in [0.717, 1.165) is 60.1 Å². The molecule has 0 saturated heterocycles. The summed E-state index contributed by atoms with van der Waals surface area (Å²) >= 11 is 6.08. The number of likely N-dealkylation sites (N-methyl/N-ethyl adjacent to an activating group) is 1. The average Bonchev–Trinajstić information content (AvgIpc) is 2.98. The van der Waals surface area contributed by atoms with Gasteiger partial charge in [0.25, 0.3) is 0 Å². The molecule has 2 aromatic heterocycles. The van der Waals surface area contributed by atoms with Crippen molar-refractivity contribution in [2.45, 2.75) is 26.2 Å². The molecule has 3 N–H and O–H groups in total. The predicted octanol–water partition coefficient (Wildman–Crippen LogP) is 4.05. The Balaban J connectivity index is 1.14. The molecule has 4 rings (SSSR count). The molecule has 2 amide bonds. The van der Waals surface area contributed by atoms with E-state index in [1.807, 2.05) is 62.3 Å². The van der Waals surface area contributed by atoms with Crippen LogP contribution in [0.1, 0.15) is 25.3 Å². The number of hydrogen-bond donors (Lipinski definition) is 3. The lowest BCUT2D eigenvalue weighted by Crippen LogP contribution is -2.41. The first-order valence-corrected chi connectivity index (χ1v) is 14.9. The fourth-order valence-corrected chi connectivity index (χ4v) is 5.02. The van der Waals surface area contributed by atoms with Gasteiger partial charge in [0.05, 0.1) is 18.5 Å². The second kappa shape index (κ2) is 15.4. The molecule has 0 aliphatic carbocycles. The quantitative estimate of drug-likeness (QED) is 0.137. The zero-order valence-electron chi connectivity index (χ0n) is 24.9. The molecule has 2 heterocycles. The van der Waals surface area contributed by atoms with Gasteiger partial charge in [-0.15, -0.1) is 0 Å². The molecule has 0 aliphatic heterocycles. The van der Waals surface area contributed by atoms with Gasteiger partial charge in [-0.05, 0) is 67.9 Å². The molecule has 0 spiro atoms. The molecule has 10 nitrogen and oxygen atoms in total. The van der Waals surface area contributed by atoms with E-state index in [2.05, 4.69) is 25.8 Å². The van der Waals surface area contributed by atoms with E-state index in [4.69, 9.17) is 16.0 Å². The van der Waals surface area contributed by atoms with E-state index >= 15 is 0 Å². The van der Waals surface area contributed by atoms with Gasteiger partial charge in [-0.25, -0.2) is 4.79 Å². The topological polar surface area (TPSA) is 120 Å². The summed E-state index contributed by atoms with van der Waals surface area (Å²) in [7, 11) is 3.80. The number of nitrogens with one attached hydrogen (secondary N) is 3. The van der Waals surface area contributed by atoms with Crippen molar-refractivity contribution in [3.63, 3.8) is 0 Å². The van der Waals surface area contributed by atoms with Crippen LogP contribution in [0, 0.1) is 0 Å². The molecule has 0 unspecified atom stereocenters. The van der Waals surface area contributed by atoms with E-state index in [1.165, 1.54) is 6.07 Å². The first-order valence-electron chi connectivity index (χ1n) is 14.5. The van der Waals surface area contributed by atoms with Crippen molar-refractivity contribution < 1.29 is 14.0 Å². The molecule has 0 aliphatic rings. The highest BCUT2D eigenvalue weighted by Gasteiger charge is 2.12. The number of pyridine rings is 1. The third-order valence-electron chi connectivity index (χ3n) is 7.19. The molecular formula is C32H39ClN6O4. The molecular weight excluding hydrogens is 568 g/mol. The van der Waals surface area contributed by atoms with E-state index in [9.17, 15) is 14.4 Å². The van der Waals surface area contributed by atoms with Crippen LogP contribution in [-0.2, 0) is 16.0 Å². The number of hydrogen-bond acceptors (Lipinski definition) is 8. The van der Waals surface area contributed by atoms with Crippen LogP contribution in [0.15, 0.2) is 63.9 Å². The van der Waals surface area contributed by atoms with Gasteiger partial charge in [-0.2, -0.15) is 0 Å². The number of unbranched alkanes of at least 4 members (excludes halogenated alkanes) is 1. The lowest BCUT2D eigenvalue weighted by molar-refractivity contribution is -0.123. The third kappa shape index (κ3) is 9.17. The van der Waals surface area contributed by atoms with Crippen LogP contribution in [0.5, 0.6) is 0 Å². The zero-order valence-corrected chi connectivity index (χ0v) is 25.7. The van der Waals surface area contributed by atoms with Crippen LogP contribution in [0.4, 0.5) is 11.4 Å². The Kier molecular flexibility index (Phi) is 11.4. The van der Waals surface area contributed by atoms with Crippen molar-refractivity contribution in [3.05, 3.63) is 75.7 Å². The fraction of sp³-hybridized carbons (Fsp3) is 0.375. The molecule has 11 heteroatoms. The minimum absolute atomic E-state index is 0.0432. The number of aromatic nitrogens is 1. The lowest BCUT2D eigenvalue weighted by atomic mass is 10.1. The first-order chi connectivity index (χ1) is 20.7. The number of anilines is 2. The Hall–Kier alpha value is -4.15. The second-order valence-corrected chi connectivity index (χ2v) is 11.0. The summed E-state index contributed by atoms with van der Waals surface area (Å²) in [6.45, 7) is 5.34. The van der Waals surface area contributed by atoms with E-state index in [0.29, 0.717) is 35.8 Å². The molecule has 0 fully saturated rings. The number of nitrogens with zero attached hydrogens (tertiary/aromatic N) is 3. The molecule has 2 aromatic carbocycles. The van der Waals surface area contributed by atoms with Gasteiger partial charge >= 0.3 is 5.63 Å². The van der Waals surface area contributed by atoms with Crippen LogP contribution in [0.25, 0.3) is 21.9 Å². The fourth-order valence-electron chi connectivity index (χ4n) is 4.85. The Bertz CT molecular complexity index is 1620. The van der Waals surface area contributed by atoms with Crippen molar-refractivity contribution in [2.24, 2.45) is 0 Å². The van der Waals surface area contributed by atoms with Crippen LogP contribution in [0.2, 0.25) is 5.02 Å². The largest absolute Gasteiger partial charge is 0.423 e. The van der Waals surface area contributed by atoms with Crippen molar-refractivity contribution in [3.8, 4) is 0 Å². The summed E-state index contributed by atoms with van der Waals surface area (Å²) < 4.78 is 5.34. The summed E-state index contributed by atoms with van der Waals surface area (Å²) in [6.07, 6.45) is 3.72. The van der Waals surface area contributed by atoms with Gasteiger partial charge in [0.15, 0.2) is 0 Å². The normalized spacial score (nSPS) is 11.2. The maximum Gasteiger partial charge on any atom is 0.336 e. The number of carbonyl (C=O) groups excluding carboxylic acids is 2. The third-order valence-corrected chi connectivity index (χ3v) is 7.42. The SMILES string of the molecule is CCN(CCCCNc1ccnc2cc(Cl)ccc12)CC(=O)NCCNC(=O)Cc1cc(=O)oc2cc(N(C)C)ccc12. The highest BCUT2D eigenvalue weighted by molar-refractivity contribution is 6.31. The summed E-state index contributed by atoms with van der Waals surface area (Å²) in [6, 6.07) is 14.6. The standard InChI is InChI=1S/C32H39ClN6O4/c1-4-39(16-6-5-12-34-27-11-13-35-28-19-23(33)7-9-26(27)28)21-31(41)37-15-14-36-30(40)17-22-18-32(42)43-29-20-24(38(2)3)8-10-25(22)29/h7-11,13,18-20H,4-6,12,14-17,21H2,1-3H3,(H,34,35)(H,36,40)(H,37,41). The molecule has 0 saturated carbocycles. The Morgan fingerprint density at radius 3 is 2.47 bits per heavy atom. The summed E-state index contributed by atoms with van der Waals surface area (Å²) in [5, 5.41) is 11.6. The zero-order chi connectivity index (χ0) is 30.8. The Labute approximate surface area is 256 Å². The highest BCUT2D eigenvalue weighted by atomic mass is 35.5. The van der Waals surface area contributed by atoms with Gasteiger partial charge in [0.2, 0.25) is 11.8 Å². The van der Waals surface area contributed by atoms with Gasteiger partial charge < -0.3 is 25.3 Å². The van der Waals surface area contributed by atoms with Crippen LogP contribution in [0.3, 0.4) is 0 Å². The van der Waals surface area contributed by atoms with Crippen molar-refractivity contribution in [1.29, 1.82) is 0 Å². The molecule has 0 atom stereocenters. The minimum Gasteiger partial charge on any atom is -0.423 e. The molecule has 0 radical (unpaired) electrons. The lowest BCUT2D eigenvalue weighted by Gasteiger charge is -2.20. The van der Waals surface area contributed by atoms with Gasteiger partial charge in [0.1, 0.15) is 5.58 Å². The predicted molar refractivity (Wildman–Crippen MR) is 173 cm³/mol. The summed E-state index contributed by atoms with van der Waals surface area (Å²) in [4.78, 5) is 45.5. The van der Waals surface area contributed by atoms with Crippen molar-refractivity contribution in [1.82, 2.24) is 20.5 Å². The van der Waals surface area contributed by atoms with Crippen LogP contribution < -0.4 is 26.5 Å². The number of rotatable bonds is 15. The Morgan fingerprint density at radius 1 is 0.930 bits per heavy atom. The van der Waals surface area contributed by atoms with E-state index in [1.54, 1.807) is 12.3 Å². The molecule has 4 aromatic rings. The summed E-state index contributed by atoms with van der Waals surface area (Å²) in [5.74, 6) is -0.315. The summed E-state index contributed by atoms with van der Waals surface area (Å²) in [5.41, 5.74) is 3.33. The smallest absolute Gasteiger partial charge is 0.336 e. The monoisotopic (exact) mass is 606 g/mol.